The normalized spacial score (nSPS) is 12.2. The fourth-order valence-corrected chi connectivity index (χ4v) is 2.76. The van der Waals surface area contributed by atoms with Crippen molar-refractivity contribution in [3.05, 3.63) is 35.4 Å². The van der Waals surface area contributed by atoms with Crippen LogP contribution in [-0.4, -0.2) is 38.7 Å². The molecule has 0 bridgehead atoms. The van der Waals surface area contributed by atoms with Gasteiger partial charge in [-0.2, -0.15) is 0 Å². The van der Waals surface area contributed by atoms with E-state index in [1.165, 1.54) is 27.0 Å². The van der Waals surface area contributed by atoms with Gasteiger partial charge >= 0.3 is 5.97 Å². The summed E-state index contributed by atoms with van der Waals surface area (Å²) in [6.07, 6.45) is 0. The van der Waals surface area contributed by atoms with Crippen molar-refractivity contribution in [3.63, 3.8) is 0 Å². The van der Waals surface area contributed by atoms with Crippen LogP contribution < -0.4 is 4.72 Å². The van der Waals surface area contributed by atoms with E-state index in [9.17, 15) is 18.3 Å². The van der Waals surface area contributed by atoms with Crippen molar-refractivity contribution in [1.82, 2.24) is 4.72 Å². The van der Waals surface area contributed by atoms with Crippen LogP contribution >= 0.6 is 0 Å². The molecule has 0 aliphatic carbocycles. The van der Waals surface area contributed by atoms with Gasteiger partial charge in [-0.25, -0.2) is 17.9 Å². The van der Waals surface area contributed by atoms with E-state index in [1.807, 2.05) is 0 Å². The zero-order chi connectivity index (χ0) is 15.4. The van der Waals surface area contributed by atoms with Gasteiger partial charge in [0.05, 0.1) is 24.0 Å². The monoisotopic (exact) mass is 301 g/mol. The van der Waals surface area contributed by atoms with E-state index in [2.05, 4.69) is 9.46 Å². The van der Waals surface area contributed by atoms with Gasteiger partial charge in [0.2, 0.25) is 10.0 Å². The van der Waals surface area contributed by atoms with E-state index in [4.69, 9.17) is 0 Å². The van der Waals surface area contributed by atoms with E-state index in [1.54, 1.807) is 18.2 Å². The lowest BCUT2D eigenvalue weighted by atomic mass is 10.1. The van der Waals surface area contributed by atoms with E-state index < -0.39 is 21.6 Å². The lowest BCUT2D eigenvalue weighted by Crippen LogP contribution is -2.38. The van der Waals surface area contributed by atoms with Gasteiger partial charge in [0, 0.05) is 6.54 Å². The van der Waals surface area contributed by atoms with Crippen molar-refractivity contribution in [1.29, 1.82) is 0 Å². The van der Waals surface area contributed by atoms with Gasteiger partial charge in [0.1, 0.15) is 0 Å². The summed E-state index contributed by atoms with van der Waals surface area (Å²) >= 11 is 0. The van der Waals surface area contributed by atoms with Gasteiger partial charge in [0.15, 0.2) is 0 Å². The Morgan fingerprint density at radius 1 is 1.40 bits per heavy atom. The Morgan fingerprint density at radius 2 is 2.05 bits per heavy atom. The van der Waals surface area contributed by atoms with Crippen molar-refractivity contribution in [3.8, 4) is 0 Å². The molecule has 0 aliphatic heterocycles. The Balaban J connectivity index is 2.80. The van der Waals surface area contributed by atoms with Gasteiger partial charge in [-0.15, -0.1) is 0 Å². The molecule has 0 atom stereocenters. The first-order chi connectivity index (χ1) is 9.13. The Hall–Kier alpha value is -1.44. The first kappa shape index (κ1) is 16.6. The maximum absolute atomic E-state index is 11.9. The van der Waals surface area contributed by atoms with Gasteiger partial charge in [-0.3, -0.25) is 0 Å². The highest BCUT2D eigenvalue weighted by Gasteiger charge is 2.18. The molecule has 0 saturated carbocycles. The maximum atomic E-state index is 11.9. The van der Waals surface area contributed by atoms with Crippen LogP contribution in [0.25, 0.3) is 0 Å². The number of sulfonamides is 1. The predicted molar refractivity (Wildman–Crippen MR) is 74.7 cm³/mol. The highest BCUT2D eigenvalue weighted by Crippen LogP contribution is 2.10. The average molecular weight is 301 g/mol. The quantitative estimate of drug-likeness (QED) is 0.753. The molecule has 6 nitrogen and oxygen atoms in total. The third-order valence-electron chi connectivity index (χ3n) is 2.43. The Morgan fingerprint density at radius 3 is 2.60 bits per heavy atom. The summed E-state index contributed by atoms with van der Waals surface area (Å²) in [6.45, 7) is 2.94. The number of hydrogen-bond acceptors (Lipinski definition) is 5. The van der Waals surface area contributed by atoms with Crippen LogP contribution in [0.2, 0.25) is 0 Å². The van der Waals surface area contributed by atoms with Crippen molar-refractivity contribution < 1.29 is 23.1 Å². The van der Waals surface area contributed by atoms with E-state index in [-0.39, 0.29) is 12.3 Å². The van der Waals surface area contributed by atoms with Crippen LogP contribution in [0.15, 0.2) is 24.3 Å². The molecule has 0 radical (unpaired) electrons. The standard InChI is InChI=1S/C13H19NO5S/c1-13(2,16)9-14-20(17,18)8-10-5-4-6-11(7-10)12(15)19-3/h4-7,14,16H,8-9H2,1-3H3. The van der Waals surface area contributed by atoms with E-state index in [0.29, 0.717) is 11.1 Å². The number of benzene rings is 1. The van der Waals surface area contributed by atoms with Crippen LogP contribution in [0, 0.1) is 0 Å². The number of hydrogen-bond donors (Lipinski definition) is 2. The first-order valence-electron chi connectivity index (χ1n) is 6.00. The molecule has 112 valence electrons. The summed E-state index contributed by atoms with van der Waals surface area (Å²) < 4.78 is 30.6. The van der Waals surface area contributed by atoms with Gasteiger partial charge in [0.25, 0.3) is 0 Å². The molecule has 0 spiro atoms. The lowest BCUT2D eigenvalue weighted by Gasteiger charge is -2.17. The van der Waals surface area contributed by atoms with E-state index in [0.717, 1.165) is 0 Å². The zero-order valence-electron chi connectivity index (χ0n) is 11.7. The smallest absolute Gasteiger partial charge is 0.337 e. The molecular weight excluding hydrogens is 282 g/mol. The molecule has 1 aromatic carbocycles. The fourth-order valence-electron chi connectivity index (χ4n) is 1.46. The summed E-state index contributed by atoms with van der Waals surface area (Å²) in [7, 11) is -2.32. The number of nitrogens with one attached hydrogen (secondary N) is 1. The van der Waals surface area contributed by atoms with Crippen LogP contribution in [-0.2, 0) is 20.5 Å². The van der Waals surface area contributed by atoms with Crippen molar-refractivity contribution in [2.45, 2.75) is 25.2 Å². The molecule has 0 aromatic heterocycles. The summed E-state index contributed by atoms with van der Waals surface area (Å²) in [6, 6.07) is 6.21. The van der Waals surface area contributed by atoms with Crippen molar-refractivity contribution in [2.24, 2.45) is 0 Å². The first-order valence-corrected chi connectivity index (χ1v) is 7.65. The van der Waals surface area contributed by atoms with Crippen molar-refractivity contribution in [2.75, 3.05) is 13.7 Å². The van der Waals surface area contributed by atoms with Crippen LogP contribution in [0.5, 0.6) is 0 Å². The molecule has 1 aromatic rings. The maximum Gasteiger partial charge on any atom is 0.337 e. The number of esters is 1. The second-order valence-corrected chi connectivity index (χ2v) is 6.89. The molecule has 0 heterocycles. The number of rotatable bonds is 6. The molecule has 2 N–H and O–H groups in total. The number of methoxy groups -OCH3 is 1. The van der Waals surface area contributed by atoms with Gasteiger partial charge in [-0.05, 0) is 31.5 Å². The van der Waals surface area contributed by atoms with Crippen LogP contribution in [0.1, 0.15) is 29.8 Å². The molecular formula is C13H19NO5S. The molecule has 1 rings (SSSR count). The summed E-state index contributed by atoms with van der Waals surface area (Å²) in [5.41, 5.74) is -0.361. The minimum Gasteiger partial charge on any atom is -0.465 e. The molecule has 0 aliphatic rings. The second kappa shape index (κ2) is 6.34. The number of carbonyl (C=O) groups excluding carboxylic acids is 1. The highest BCUT2D eigenvalue weighted by atomic mass is 32.2. The third-order valence-corrected chi connectivity index (χ3v) is 3.73. The topological polar surface area (TPSA) is 92.7 Å². The molecule has 0 saturated heterocycles. The largest absolute Gasteiger partial charge is 0.465 e. The van der Waals surface area contributed by atoms with Gasteiger partial charge < -0.3 is 9.84 Å². The highest BCUT2D eigenvalue weighted by molar-refractivity contribution is 7.88. The Kier molecular flexibility index (Phi) is 5.27. The van der Waals surface area contributed by atoms with Gasteiger partial charge in [-0.1, -0.05) is 12.1 Å². The Labute approximate surface area is 118 Å². The third kappa shape index (κ3) is 5.68. The minimum atomic E-state index is -3.58. The number of ether oxygens (including phenoxy) is 1. The SMILES string of the molecule is COC(=O)c1cccc(CS(=O)(=O)NCC(C)(C)O)c1. The van der Waals surface area contributed by atoms with Crippen LogP contribution in [0.4, 0.5) is 0 Å². The average Bonchev–Trinajstić information content (AvgIpc) is 2.35. The molecule has 20 heavy (non-hydrogen) atoms. The number of aliphatic hydroxyl groups is 1. The van der Waals surface area contributed by atoms with Crippen LogP contribution in [0.3, 0.4) is 0 Å². The summed E-state index contributed by atoms with van der Waals surface area (Å²) in [4.78, 5) is 11.4. The zero-order valence-corrected chi connectivity index (χ0v) is 12.5. The molecule has 0 unspecified atom stereocenters. The second-order valence-electron chi connectivity index (χ2n) is 5.08. The Bertz CT molecular complexity index is 575. The van der Waals surface area contributed by atoms with E-state index >= 15 is 0 Å². The minimum absolute atomic E-state index is 0.0774. The van der Waals surface area contributed by atoms with Crippen molar-refractivity contribution >= 4 is 16.0 Å². The summed E-state index contributed by atoms with van der Waals surface area (Å²) in [5, 5.41) is 9.51. The predicted octanol–water partition coefficient (Wildman–Crippen LogP) is 0.663. The lowest BCUT2D eigenvalue weighted by molar-refractivity contribution is 0.0600. The summed E-state index contributed by atoms with van der Waals surface area (Å²) in [5.74, 6) is -0.790. The molecule has 7 heteroatoms. The number of carbonyl (C=O) groups is 1. The molecule has 0 fully saturated rings. The fraction of sp³-hybridized carbons (Fsp3) is 0.462. The molecule has 0 amide bonds.